The van der Waals surface area contributed by atoms with E-state index in [1.165, 1.54) is 0 Å². The molecule has 0 bridgehead atoms. The molecule has 4 nitrogen and oxygen atoms in total. The molecule has 4 atom stereocenters. The normalized spacial score (nSPS) is 22.6. The molecule has 1 aliphatic carbocycles. The predicted molar refractivity (Wildman–Crippen MR) is 119 cm³/mol. The standard InChI is InChI=1S/C27H25NO3/c1-18-12-14-21(15-13-18)28-26(29)24-22(19-8-4-2-5-9-19)16-17-23(25(24)27(30)31)20-10-6-3-7-11-20/h2-17,22-25H,1H3,(H,28,29)(H,30,31)/p-1/t22-,23+,24+,25-/m0/s1. The van der Waals surface area contributed by atoms with Gasteiger partial charge in [-0.25, -0.2) is 0 Å². The molecule has 0 radical (unpaired) electrons. The van der Waals surface area contributed by atoms with Crippen molar-refractivity contribution in [3.8, 4) is 0 Å². The lowest BCUT2D eigenvalue weighted by Crippen LogP contribution is -2.47. The Hall–Kier alpha value is -3.66. The molecular weight excluding hydrogens is 386 g/mol. The number of carbonyl (C=O) groups is 2. The Morgan fingerprint density at radius 1 is 0.710 bits per heavy atom. The van der Waals surface area contributed by atoms with E-state index >= 15 is 0 Å². The zero-order valence-electron chi connectivity index (χ0n) is 17.3. The van der Waals surface area contributed by atoms with E-state index in [1.54, 1.807) is 0 Å². The molecule has 0 aromatic heterocycles. The Morgan fingerprint density at radius 3 is 1.68 bits per heavy atom. The van der Waals surface area contributed by atoms with Crippen LogP contribution in [0.25, 0.3) is 0 Å². The molecule has 1 aliphatic rings. The van der Waals surface area contributed by atoms with Crippen LogP contribution in [0.15, 0.2) is 97.1 Å². The van der Waals surface area contributed by atoms with Crippen LogP contribution >= 0.6 is 0 Å². The SMILES string of the molecule is Cc1ccc(NC(=O)[C@H]2[C@@H](C(=O)[O-])[C@@H](c3ccccc3)C=C[C@H]2c2ccccc2)cc1. The highest BCUT2D eigenvalue weighted by Crippen LogP contribution is 2.44. The highest BCUT2D eigenvalue weighted by Gasteiger charge is 2.42. The van der Waals surface area contributed by atoms with E-state index in [9.17, 15) is 14.7 Å². The van der Waals surface area contributed by atoms with Crippen LogP contribution in [0.4, 0.5) is 5.69 Å². The van der Waals surface area contributed by atoms with E-state index in [0.717, 1.165) is 16.7 Å². The van der Waals surface area contributed by atoms with Crippen LogP contribution in [0.3, 0.4) is 0 Å². The van der Waals surface area contributed by atoms with Gasteiger partial charge in [-0.3, -0.25) is 4.79 Å². The molecule has 31 heavy (non-hydrogen) atoms. The Bertz CT molecular complexity index is 1070. The van der Waals surface area contributed by atoms with Crippen molar-refractivity contribution in [1.29, 1.82) is 0 Å². The lowest BCUT2D eigenvalue weighted by Gasteiger charge is -2.40. The first-order chi connectivity index (χ1) is 15.0. The predicted octanol–water partition coefficient (Wildman–Crippen LogP) is 4.05. The first-order valence-corrected chi connectivity index (χ1v) is 10.4. The second-order valence-electron chi connectivity index (χ2n) is 7.98. The third kappa shape index (κ3) is 4.43. The Kier molecular flexibility index (Phi) is 5.99. The fourth-order valence-corrected chi connectivity index (χ4v) is 4.39. The summed E-state index contributed by atoms with van der Waals surface area (Å²) in [5, 5.41) is 15.3. The van der Waals surface area contributed by atoms with Gasteiger partial charge >= 0.3 is 0 Å². The molecule has 1 N–H and O–H groups in total. The molecule has 0 saturated carbocycles. The maximum Gasteiger partial charge on any atom is 0.229 e. The zero-order chi connectivity index (χ0) is 21.8. The molecule has 0 fully saturated rings. The maximum absolute atomic E-state index is 13.5. The summed E-state index contributed by atoms with van der Waals surface area (Å²) in [7, 11) is 0. The van der Waals surface area contributed by atoms with Gasteiger partial charge in [0, 0.05) is 29.4 Å². The van der Waals surface area contributed by atoms with Crippen LogP contribution in [0.1, 0.15) is 28.5 Å². The molecule has 0 unspecified atom stereocenters. The smallest absolute Gasteiger partial charge is 0.229 e. The molecule has 0 spiro atoms. The van der Waals surface area contributed by atoms with Gasteiger partial charge in [-0.1, -0.05) is 90.5 Å². The fourth-order valence-electron chi connectivity index (χ4n) is 4.39. The van der Waals surface area contributed by atoms with Crippen molar-refractivity contribution in [1.82, 2.24) is 0 Å². The minimum Gasteiger partial charge on any atom is -0.550 e. The van der Waals surface area contributed by atoms with E-state index in [0.29, 0.717) is 5.69 Å². The highest BCUT2D eigenvalue weighted by atomic mass is 16.4. The monoisotopic (exact) mass is 410 g/mol. The largest absolute Gasteiger partial charge is 0.550 e. The van der Waals surface area contributed by atoms with Crippen LogP contribution in [-0.4, -0.2) is 11.9 Å². The lowest BCUT2D eigenvalue weighted by atomic mass is 9.66. The zero-order valence-corrected chi connectivity index (χ0v) is 17.3. The molecule has 1 amide bonds. The summed E-state index contributed by atoms with van der Waals surface area (Å²) < 4.78 is 0. The first-order valence-electron chi connectivity index (χ1n) is 10.4. The topological polar surface area (TPSA) is 69.2 Å². The number of amides is 1. The second-order valence-corrected chi connectivity index (χ2v) is 7.98. The molecule has 4 heteroatoms. The van der Waals surface area contributed by atoms with Crippen LogP contribution < -0.4 is 10.4 Å². The number of anilines is 1. The number of benzene rings is 3. The third-order valence-corrected chi connectivity index (χ3v) is 5.95. The summed E-state index contributed by atoms with van der Waals surface area (Å²) in [5.74, 6) is -4.17. The molecule has 3 aromatic rings. The number of hydrogen-bond donors (Lipinski definition) is 1. The van der Waals surface area contributed by atoms with Crippen LogP contribution in [-0.2, 0) is 9.59 Å². The Labute approximate surface area is 182 Å². The Morgan fingerprint density at radius 2 is 1.19 bits per heavy atom. The van der Waals surface area contributed by atoms with E-state index < -0.39 is 23.7 Å². The van der Waals surface area contributed by atoms with E-state index in [1.807, 2.05) is 104 Å². The van der Waals surface area contributed by atoms with Crippen molar-refractivity contribution in [3.63, 3.8) is 0 Å². The third-order valence-electron chi connectivity index (χ3n) is 5.95. The highest BCUT2D eigenvalue weighted by molar-refractivity contribution is 5.96. The van der Waals surface area contributed by atoms with E-state index in [4.69, 9.17) is 0 Å². The summed E-state index contributed by atoms with van der Waals surface area (Å²) in [4.78, 5) is 25.9. The summed E-state index contributed by atoms with van der Waals surface area (Å²) in [6.07, 6.45) is 3.87. The molecular formula is C27H24NO3-. The van der Waals surface area contributed by atoms with Gasteiger partial charge in [-0.05, 0) is 30.2 Å². The van der Waals surface area contributed by atoms with Gasteiger partial charge in [0.1, 0.15) is 0 Å². The molecule has 0 saturated heterocycles. The van der Waals surface area contributed by atoms with Crippen LogP contribution in [0.2, 0.25) is 0 Å². The van der Waals surface area contributed by atoms with Crippen molar-refractivity contribution in [2.75, 3.05) is 5.32 Å². The first kappa shape index (κ1) is 20.6. The number of carboxylic acids is 1. The number of aryl methyl sites for hydroxylation is 1. The minimum atomic E-state index is -1.22. The van der Waals surface area contributed by atoms with Gasteiger partial charge < -0.3 is 15.2 Å². The number of rotatable bonds is 5. The van der Waals surface area contributed by atoms with Gasteiger partial charge in [0.15, 0.2) is 0 Å². The number of carboxylic acid groups (broad SMARTS) is 1. The minimum absolute atomic E-state index is 0.322. The number of carbonyl (C=O) groups excluding carboxylic acids is 2. The van der Waals surface area contributed by atoms with Crippen LogP contribution in [0, 0.1) is 18.8 Å². The average Bonchev–Trinajstić information content (AvgIpc) is 2.80. The summed E-state index contributed by atoms with van der Waals surface area (Å²) in [5.41, 5.74) is 3.48. The quantitative estimate of drug-likeness (QED) is 0.645. The molecule has 156 valence electrons. The van der Waals surface area contributed by atoms with Crippen molar-refractivity contribution < 1.29 is 14.7 Å². The van der Waals surface area contributed by atoms with Crippen molar-refractivity contribution in [2.45, 2.75) is 18.8 Å². The van der Waals surface area contributed by atoms with Crippen molar-refractivity contribution >= 4 is 17.6 Å². The van der Waals surface area contributed by atoms with E-state index in [2.05, 4.69) is 5.32 Å². The molecule has 3 aromatic carbocycles. The lowest BCUT2D eigenvalue weighted by molar-refractivity contribution is -0.313. The van der Waals surface area contributed by atoms with E-state index in [-0.39, 0.29) is 11.8 Å². The maximum atomic E-state index is 13.5. The van der Waals surface area contributed by atoms with Crippen LogP contribution in [0.5, 0.6) is 0 Å². The molecule has 4 rings (SSSR count). The van der Waals surface area contributed by atoms with Gasteiger partial charge in [0.05, 0.1) is 5.92 Å². The van der Waals surface area contributed by atoms with Gasteiger partial charge in [0.25, 0.3) is 0 Å². The number of hydrogen-bond acceptors (Lipinski definition) is 3. The number of allylic oxidation sites excluding steroid dienone is 2. The Balaban J connectivity index is 1.76. The summed E-state index contributed by atoms with van der Waals surface area (Å²) >= 11 is 0. The van der Waals surface area contributed by atoms with Crippen molar-refractivity contribution in [2.24, 2.45) is 11.8 Å². The van der Waals surface area contributed by atoms with Gasteiger partial charge in [-0.2, -0.15) is 0 Å². The van der Waals surface area contributed by atoms with Crippen molar-refractivity contribution in [3.05, 3.63) is 114 Å². The second kappa shape index (κ2) is 9.00. The average molecular weight is 410 g/mol. The number of nitrogens with one attached hydrogen (secondary N) is 1. The summed E-state index contributed by atoms with van der Waals surface area (Å²) in [6.45, 7) is 1.97. The van der Waals surface area contributed by atoms with Gasteiger partial charge in [0.2, 0.25) is 5.91 Å². The van der Waals surface area contributed by atoms with Gasteiger partial charge in [-0.15, -0.1) is 0 Å². The molecule has 0 heterocycles. The molecule has 0 aliphatic heterocycles. The number of aliphatic carboxylic acids is 1. The summed E-state index contributed by atoms with van der Waals surface area (Å²) in [6, 6.07) is 26.4. The fraction of sp³-hybridized carbons (Fsp3) is 0.185.